The van der Waals surface area contributed by atoms with Crippen molar-refractivity contribution in [2.45, 2.75) is 25.5 Å². The highest BCUT2D eigenvalue weighted by atomic mass is 16.5. The zero-order valence-corrected chi connectivity index (χ0v) is 9.73. The van der Waals surface area contributed by atoms with Crippen LogP contribution in [0.3, 0.4) is 0 Å². The number of methoxy groups -OCH3 is 1. The molecule has 2 atom stereocenters. The molecule has 17 heavy (non-hydrogen) atoms. The molecule has 5 N–H and O–H groups in total. The average Bonchev–Trinajstić information content (AvgIpc) is 2.24. The van der Waals surface area contributed by atoms with E-state index in [4.69, 9.17) is 15.6 Å². The molecule has 0 bridgehead atoms. The highest BCUT2D eigenvalue weighted by Gasteiger charge is 2.21. The lowest BCUT2D eigenvalue weighted by molar-refractivity contribution is -0.140. The van der Waals surface area contributed by atoms with Crippen molar-refractivity contribution in [1.82, 2.24) is 10.6 Å². The van der Waals surface area contributed by atoms with E-state index in [1.807, 2.05) is 0 Å². The molecule has 0 aromatic rings. The fourth-order valence-corrected chi connectivity index (χ4v) is 0.930. The first kappa shape index (κ1) is 15.2. The van der Waals surface area contributed by atoms with E-state index in [2.05, 4.69) is 10.6 Å². The Morgan fingerprint density at radius 1 is 1.41 bits per heavy atom. The number of rotatable bonds is 7. The summed E-state index contributed by atoms with van der Waals surface area (Å²) in [6, 6.07) is -2.02. The number of carboxylic acid groups (broad SMARTS) is 1. The normalized spacial score (nSPS) is 13.5. The van der Waals surface area contributed by atoms with Crippen LogP contribution >= 0.6 is 0 Å². The zero-order valence-electron chi connectivity index (χ0n) is 9.73. The van der Waals surface area contributed by atoms with Gasteiger partial charge in [0.25, 0.3) is 0 Å². The minimum Gasteiger partial charge on any atom is -0.480 e. The van der Waals surface area contributed by atoms with Crippen LogP contribution < -0.4 is 16.4 Å². The quantitative estimate of drug-likeness (QED) is 0.441. The lowest BCUT2D eigenvalue weighted by Crippen LogP contribution is -2.48. The first-order valence-electron chi connectivity index (χ1n) is 4.95. The third kappa shape index (κ3) is 7.12. The first-order valence-corrected chi connectivity index (χ1v) is 4.95. The molecule has 0 rings (SSSR count). The molecule has 3 amide bonds. The molecule has 98 valence electrons. The summed E-state index contributed by atoms with van der Waals surface area (Å²) < 4.78 is 4.88. The summed E-state index contributed by atoms with van der Waals surface area (Å²) in [6.45, 7) is 1.96. The van der Waals surface area contributed by atoms with Crippen molar-refractivity contribution < 1.29 is 24.2 Å². The fourth-order valence-electron chi connectivity index (χ4n) is 0.930. The summed E-state index contributed by atoms with van der Waals surface area (Å²) in [7, 11) is 1.48. The van der Waals surface area contributed by atoms with E-state index in [-0.39, 0.29) is 12.6 Å². The van der Waals surface area contributed by atoms with Crippen molar-refractivity contribution in [3.05, 3.63) is 0 Å². The molecular weight excluding hydrogens is 230 g/mol. The van der Waals surface area contributed by atoms with E-state index in [1.165, 1.54) is 7.11 Å². The second-order valence-electron chi connectivity index (χ2n) is 3.46. The molecule has 0 fully saturated rings. The van der Waals surface area contributed by atoms with Crippen LogP contribution in [0.4, 0.5) is 4.79 Å². The predicted octanol–water partition coefficient (Wildman–Crippen LogP) is -1.35. The smallest absolute Gasteiger partial charge is 0.326 e. The van der Waals surface area contributed by atoms with Crippen LogP contribution in [-0.2, 0) is 14.3 Å². The Morgan fingerprint density at radius 2 is 2.00 bits per heavy atom. The van der Waals surface area contributed by atoms with E-state index in [1.54, 1.807) is 6.92 Å². The van der Waals surface area contributed by atoms with Gasteiger partial charge in [-0.15, -0.1) is 0 Å². The van der Waals surface area contributed by atoms with Gasteiger partial charge in [0.2, 0.25) is 5.91 Å². The summed E-state index contributed by atoms with van der Waals surface area (Å²) >= 11 is 0. The van der Waals surface area contributed by atoms with Gasteiger partial charge in [-0.3, -0.25) is 4.79 Å². The number of primary amides is 1. The van der Waals surface area contributed by atoms with Gasteiger partial charge < -0.3 is 26.2 Å². The maximum absolute atomic E-state index is 11.3. The number of hydrogen-bond acceptors (Lipinski definition) is 4. The first-order chi connectivity index (χ1) is 7.86. The number of hydrogen-bond donors (Lipinski definition) is 4. The minimum atomic E-state index is -1.33. The topological polar surface area (TPSA) is 131 Å². The van der Waals surface area contributed by atoms with Gasteiger partial charge in [-0.25, -0.2) is 9.59 Å². The van der Waals surface area contributed by atoms with E-state index in [9.17, 15) is 14.4 Å². The van der Waals surface area contributed by atoms with Crippen LogP contribution in [0.2, 0.25) is 0 Å². The molecule has 0 heterocycles. The summed E-state index contributed by atoms with van der Waals surface area (Å²) in [4.78, 5) is 32.5. The zero-order chi connectivity index (χ0) is 13.4. The molecule has 0 aromatic carbocycles. The number of aliphatic carboxylic acids is 1. The molecule has 8 nitrogen and oxygen atoms in total. The number of amides is 3. The number of carbonyl (C=O) groups excluding carboxylic acids is 2. The molecule has 0 aliphatic heterocycles. The largest absolute Gasteiger partial charge is 0.480 e. The Labute approximate surface area is 98.5 Å². The highest BCUT2D eigenvalue weighted by Crippen LogP contribution is 1.92. The van der Waals surface area contributed by atoms with Crippen molar-refractivity contribution in [2.24, 2.45) is 5.73 Å². The standard InChI is InChI=1S/C9H17N3O5/c1-5(17-2)4-11-9(16)12-6(8(14)15)3-7(10)13/h5-6H,3-4H2,1-2H3,(H2,10,13)(H,14,15)(H2,11,12,16)/t5?,6-/m1/s1. The third-order valence-corrected chi connectivity index (χ3v) is 1.96. The number of carbonyl (C=O) groups is 3. The van der Waals surface area contributed by atoms with Crippen molar-refractivity contribution in [1.29, 1.82) is 0 Å². The number of nitrogens with two attached hydrogens (primary N) is 1. The SMILES string of the molecule is COC(C)CNC(=O)N[C@H](CC(N)=O)C(=O)O. The summed E-state index contributed by atoms with van der Waals surface area (Å²) in [6.07, 6.45) is -0.650. The average molecular weight is 247 g/mol. The van der Waals surface area contributed by atoms with Crippen LogP contribution in [0.5, 0.6) is 0 Å². The van der Waals surface area contributed by atoms with Crippen LogP contribution in [0, 0.1) is 0 Å². The van der Waals surface area contributed by atoms with Crippen molar-refractivity contribution in [2.75, 3.05) is 13.7 Å². The number of ether oxygens (including phenoxy) is 1. The number of urea groups is 1. The molecular formula is C9H17N3O5. The lowest BCUT2D eigenvalue weighted by atomic mass is 10.2. The maximum atomic E-state index is 11.3. The van der Waals surface area contributed by atoms with Crippen molar-refractivity contribution >= 4 is 17.9 Å². The van der Waals surface area contributed by atoms with Gasteiger partial charge in [-0.2, -0.15) is 0 Å². The van der Waals surface area contributed by atoms with Gasteiger partial charge >= 0.3 is 12.0 Å². The number of nitrogens with one attached hydrogen (secondary N) is 2. The van der Waals surface area contributed by atoms with Gasteiger partial charge in [0.1, 0.15) is 6.04 Å². The Balaban J connectivity index is 4.13. The molecule has 1 unspecified atom stereocenters. The maximum Gasteiger partial charge on any atom is 0.326 e. The van der Waals surface area contributed by atoms with E-state index in [0.717, 1.165) is 0 Å². The van der Waals surface area contributed by atoms with Crippen molar-refractivity contribution in [3.63, 3.8) is 0 Å². The fraction of sp³-hybridized carbons (Fsp3) is 0.667. The Kier molecular flexibility index (Phi) is 6.64. The molecule has 0 aliphatic rings. The van der Waals surface area contributed by atoms with Gasteiger partial charge in [0.15, 0.2) is 0 Å². The predicted molar refractivity (Wildman–Crippen MR) is 58.2 cm³/mol. The Bertz CT molecular complexity index is 294. The van der Waals surface area contributed by atoms with Gasteiger partial charge in [-0.05, 0) is 6.92 Å². The summed E-state index contributed by atoms with van der Waals surface area (Å²) in [5.41, 5.74) is 4.86. The second-order valence-corrected chi connectivity index (χ2v) is 3.46. The summed E-state index contributed by atoms with van der Waals surface area (Å²) in [5, 5.41) is 13.2. The molecule has 0 radical (unpaired) electrons. The van der Waals surface area contributed by atoms with E-state index >= 15 is 0 Å². The van der Waals surface area contributed by atoms with Crippen LogP contribution in [-0.4, -0.2) is 48.8 Å². The van der Waals surface area contributed by atoms with Gasteiger partial charge in [0.05, 0.1) is 12.5 Å². The van der Waals surface area contributed by atoms with E-state index < -0.39 is 30.4 Å². The Morgan fingerprint density at radius 3 is 2.41 bits per heavy atom. The van der Waals surface area contributed by atoms with Gasteiger partial charge in [0, 0.05) is 13.7 Å². The minimum absolute atomic E-state index is 0.194. The number of carboxylic acids is 1. The molecule has 8 heteroatoms. The molecule has 0 saturated heterocycles. The summed E-state index contributed by atoms with van der Waals surface area (Å²) in [5.74, 6) is -2.12. The van der Waals surface area contributed by atoms with Crippen LogP contribution in [0.15, 0.2) is 0 Å². The third-order valence-electron chi connectivity index (χ3n) is 1.96. The molecule has 0 aliphatic carbocycles. The van der Waals surface area contributed by atoms with Crippen LogP contribution in [0.25, 0.3) is 0 Å². The second kappa shape index (κ2) is 7.44. The highest BCUT2D eigenvalue weighted by molar-refractivity contribution is 5.87. The Hall–Kier alpha value is -1.83. The van der Waals surface area contributed by atoms with Gasteiger partial charge in [-0.1, -0.05) is 0 Å². The lowest BCUT2D eigenvalue weighted by Gasteiger charge is -2.15. The van der Waals surface area contributed by atoms with Crippen LogP contribution in [0.1, 0.15) is 13.3 Å². The monoisotopic (exact) mass is 247 g/mol. The van der Waals surface area contributed by atoms with Crippen molar-refractivity contribution in [3.8, 4) is 0 Å². The molecule has 0 spiro atoms. The molecule has 0 saturated carbocycles. The molecule has 0 aromatic heterocycles. The van der Waals surface area contributed by atoms with E-state index in [0.29, 0.717) is 0 Å².